The van der Waals surface area contributed by atoms with E-state index in [1.54, 1.807) is 14.2 Å². The Morgan fingerprint density at radius 3 is 2.37 bits per heavy atom. The van der Waals surface area contributed by atoms with Crippen LogP contribution in [0.2, 0.25) is 0 Å². The van der Waals surface area contributed by atoms with E-state index in [2.05, 4.69) is 22.0 Å². The maximum Gasteiger partial charge on any atom is 0.144 e. The predicted molar refractivity (Wildman–Crippen MR) is 81.8 cm³/mol. The first-order valence-electron chi connectivity index (χ1n) is 5.85. The monoisotopic (exact) mass is 321 g/mol. The summed E-state index contributed by atoms with van der Waals surface area (Å²) < 4.78 is 11.6. The van der Waals surface area contributed by atoms with Gasteiger partial charge in [0.1, 0.15) is 16.0 Å². The van der Waals surface area contributed by atoms with E-state index in [9.17, 15) is 0 Å². The van der Waals surface area contributed by atoms with Crippen LogP contribution in [0, 0.1) is 6.92 Å². The molecule has 0 aromatic heterocycles. The Labute approximate surface area is 121 Å². The number of nitrogen functional groups attached to an aromatic ring is 1. The van der Waals surface area contributed by atoms with Crippen molar-refractivity contribution in [3.05, 3.63) is 40.4 Å². The van der Waals surface area contributed by atoms with E-state index < -0.39 is 0 Å². The first-order chi connectivity index (χ1) is 9.06. The second-order valence-electron chi connectivity index (χ2n) is 4.29. The van der Waals surface area contributed by atoms with Gasteiger partial charge in [-0.1, -0.05) is 6.07 Å². The van der Waals surface area contributed by atoms with Gasteiger partial charge in [-0.3, -0.25) is 0 Å². The Hall–Kier alpha value is -1.68. The van der Waals surface area contributed by atoms with Crippen molar-refractivity contribution in [3.8, 4) is 22.6 Å². The lowest BCUT2D eigenvalue weighted by Gasteiger charge is -2.14. The molecule has 2 aromatic carbocycles. The summed E-state index contributed by atoms with van der Waals surface area (Å²) in [4.78, 5) is 0. The fourth-order valence-electron chi connectivity index (χ4n) is 2.09. The molecule has 0 unspecified atom stereocenters. The molecule has 0 bridgehead atoms. The van der Waals surface area contributed by atoms with Crippen molar-refractivity contribution >= 4 is 21.6 Å². The Bertz CT molecular complexity index is 591. The van der Waals surface area contributed by atoms with Crippen LogP contribution in [0.15, 0.2) is 34.8 Å². The third-order valence-corrected chi connectivity index (χ3v) is 3.65. The lowest BCUT2D eigenvalue weighted by molar-refractivity contribution is 0.390. The van der Waals surface area contributed by atoms with E-state index in [1.165, 1.54) is 0 Å². The molecule has 19 heavy (non-hydrogen) atoms. The van der Waals surface area contributed by atoms with Crippen molar-refractivity contribution < 1.29 is 9.47 Å². The molecule has 0 heterocycles. The summed E-state index contributed by atoms with van der Waals surface area (Å²) in [5, 5.41) is 0. The summed E-state index contributed by atoms with van der Waals surface area (Å²) in [6.45, 7) is 2.02. The van der Waals surface area contributed by atoms with Gasteiger partial charge in [-0.25, -0.2) is 0 Å². The zero-order valence-corrected chi connectivity index (χ0v) is 12.7. The number of benzene rings is 2. The van der Waals surface area contributed by atoms with Crippen LogP contribution in [0.4, 0.5) is 5.69 Å². The average molecular weight is 322 g/mol. The van der Waals surface area contributed by atoms with Crippen molar-refractivity contribution in [3.63, 3.8) is 0 Å². The number of ether oxygens (including phenoxy) is 2. The number of rotatable bonds is 3. The van der Waals surface area contributed by atoms with Gasteiger partial charge in [-0.05, 0) is 58.2 Å². The number of hydrogen-bond acceptors (Lipinski definition) is 3. The number of methoxy groups -OCH3 is 2. The number of halogens is 1. The molecule has 2 rings (SSSR count). The van der Waals surface area contributed by atoms with Gasteiger partial charge in [0.25, 0.3) is 0 Å². The molecule has 4 heteroatoms. The standard InChI is InChI=1S/C15H16BrNO2/c1-9-6-10(8-11(17)7-9)12-4-5-13(18-2)14(16)15(12)19-3/h4-8H,17H2,1-3H3. The average Bonchev–Trinajstić information content (AvgIpc) is 2.37. The smallest absolute Gasteiger partial charge is 0.144 e. The number of aryl methyl sites for hydroxylation is 1. The molecule has 3 nitrogen and oxygen atoms in total. The number of hydrogen-bond donors (Lipinski definition) is 1. The zero-order chi connectivity index (χ0) is 14.0. The van der Waals surface area contributed by atoms with Gasteiger partial charge in [-0.15, -0.1) is 0 Å². The lowest BCUT2D eigenvalue weighted by atomic mass is 10.0. The van der Waals surface area contributed by atoms with Crippen LogP contribution in [0.3, 0.4) is 0 Å². The second-order valence-corrected chi connectivity index (χ2v) is 5.09. The third kappa shape index (κ3) is 2.68. The molecular weight excluding hydrogens is 306 g/mol. The first kappa shape index (κ1) is 13.7. The molecule has 2 N–H and O–H groups in total. The van der Waals surface area contributed by atoms with E-state index in [1.807, 2.05) is 31.2 Å². The molecule has 0 aliphatic heterocycles. The SMILES string of the molecule is COc1ccc(-c2cc(C)cc(N)c2)c(OC)c1Br. The minimum Gasteiger partial charge on any atom is -0.495 e. The van der Waals surface area contributed by atoms with Crippen LogP contribution >= 0.6 is 15.9 Å². The topological polar surface area (TPSA) is 44.5 Å². The highest BCUT2D eigenvalue weighted by atomic mass is 79.9. The van der Waals surface area contributed by atoms with Crippen LogP contribution < -0.4 is 15.2 Å². The van der Waals surface area contributed by atoms with Crippen molar-refractivity contribution in [1.82, 2.24) is 0 Å². The summed E-state index contributed by atoms with van der Waals surface area (Å²) in [5.74, 6) is 1.48. The molecule has 0 fully saturated rings. The second kappa shape index (κ2) is 5.53. The molecule has 0 aliphatic rings. The quantitative estimate of drug-likeness (QED) is 0.868. The molecule has 0 spiro atoms. The Morgan fingerprint density at radius 2 is 1.79 bits per heavy atom. The molecule has 100 valence electrons. The molecule has 0 amide bonds. The van der Waals surface area contributed by atoms with Crippen LogP contribution in [-0.4, -0.2) is 14.2 Å². The van der Waals surface area contributed by atoms with Crippen molar-refractivity contribution in [2.75, 3.05) is 20.0 Å². The van der Waals surface area contributed by atoms with E-state index in [-0.39, 0.29) is 0 Å². The van der Waals surface area contributed by atoms with Crippen LogP contribution in [-0.2, 0) is 0 Å². The zero-order valence-electron chi connectivity index (χ0n) is 11.2. The number of nitrogens with two attached hydrogens (primary N) is 1. The molecule has 0 atom stereocenters. The normalized spacial score (nSPS) is 10.3. The highest BCUT2D eigenvalue weighted by Gasteiger charge is 2.14. The third-order valence-electron chi connectivity index (χ3n) is 2.90. The Kier molecular flexibility index (Phi) is 4.00. The minimum absolute atomic E-state index is 0.737. The van der Waals surface area contributed by atoms with Crippen LogP contribution in [0.1, 0.15) is 5.56 Å². The summed E-state index contributed by atoms with van der Waals surface area (Å²) in [6, 6.07) is 9.82. The fourth-order valence-corrected chi connectivity index (χ4v) is 2.76. The largest absolute Gasteiger partial charge is 0.495 e. The molecule has 0 saturated heterocycles. The minimum atomic E-state index is 0.737. The van der Waals surface area contributed by atoms with Gasteiger partial charge in [-0.2, -0.15) is 0 Å². The summed E-state index contributed by atoms with van der Waals surface area (Å²) in [6.07, 6.45) is 0. The van der Waals surface area contributed by atoms with Crippen molar-refractivity contribution in [2.45, 2.75) is 6.92 Å². The van der Waals surface area contributed by atoms with Gasteiger partial charge >= 0.3 is 0 Å². The summed E-state index contributed by atoms with van der Waals surface area (Å²) in [7, 11) is 3.27. The fraction of sp³-hybridized carbons (Fsp3) is 0.200. The predicted octanol–water partition coefficient (Wildman–Crippen LogP) is 4.02. The van der Waals surface area contributed by atoms with Gasteiger partial charge < -0.3 is 15.2 Å². The summed E-state index contributed by atoms with van der Waals surface area (Å²) in [5.41, 5.74) is 9.76. The first-order valence-corrected chi connectivity index (χ1v) is 6.64. The number of anilines is 1. The van der Waals surface area contributed by atoms with Crippen LogP contribution in [0.5, 0.6) is 11.5 Å². The van der Waals surface area contributed by atoms with E-state index in [0.717, 1.165) is 38.3 Å². The van der Waals surface area contributed by atoms with Gasteiger partial charge in [0, 0.05) is 11.3 Å². The van der Waals surface area contributed by atoms with E-state index in [4.69, 9.17) is 15.2 Å². The Morgan fingerprint density at radius 1 is 1.05 bits per heavy atom. The molecule has 0 aliphatic carbocycles. The van der Waals surface area contributed by atoms with Crippen LogP contribution in [0.25, 0.3) is 11.1 Å². The van der Waals surface area contributed by atoms with Gasteiger partial charge in [0.15, 0.2) is 0 Å². The Balaban J connectivity index is 2.65. The van der Waals surface area contributed by atoms with Crippen molar-refractivity contribution in [2.24, 2.45) is 0 Å². The van der Waals surface area contributed by atoms with Crippen molar-refractivity contribution in [1.29, 1.82) is 0 Å². The highest BCUT2D eigenvalue weighted by molar-refractivity contribution is 9.10. The van der Waals surface area contributed by atoms with Gasteiger partial charge in [0.05, 0.1) is 14.2 Å². The maximum absolute atomic E-state index is 5.91. The van der Waals surface area contributed by atoms with E-state index in [0.29, 0.717) is 0 Å². The van der Waals surface area contributed by atoms with Gasteiger partial charge in [0.2, 0.25) is 0 Å². The maximum atomic E-state index is 5.91. The van der Waals surface area contributed by atoms with E-state index >= 15 is 0 Å². The molecular formula is C15H16BrNO2. The molecule has 0 radical (unpaired) electrons. The molecule has 0 saturated carbocycles. The summed E-state index contributed by atoms with van der Waals surface area (Å²) >= 11 is 3.51. The molecule has 2 aromatic rings. The lowest BCUT2D eigenvalue weighted by Crippen LogP contribution is -1.94. The highest BCUT2D eigenvalue weighted by Crippen LogP contribution is 2.42.